The van der Waals surface area contributed by atoms with Crippen LogP contribution in [0.3, 0.4) is 0 Å². The number of carbonyl (C=O) groups excluding carboxylic acids is 2. The first kappa shape index (κ1) is 78.3. The number of hydrogen-bond acceptors (Lipinski definition) is 5. The summed E-state index contributed by atoms with van der Waals surface area (Å²) in [6.45, 7) is 4.91. The molecule has 0 aliphatic heterocycles. The Kier molecular flexibility index (Phi) is 68.4. The first-order valence-corrected chi connectivity index (χ1v) is 36.6. The molecule has 0 aromatic rings. The van der Waals surface area contributed by atoms with Crippen LogP contribution < -0.4 is 5.32 Å². The molecule has 0 aliphatic carbocycles. The number of ether oxygens (including phenoxy) is 1. The number of unbranched alkanes of at least 4 members (excludes halogenated alkanes) is 56. The summed E-state index contributed by atoms with van der Waals surface area (Å²) >= 11 is 0. The van der Waals surface area contributed by atoms with Crippen molar-refractivity contribution in [2.24, 2.45) is 0 Å². The van der Waals surface area contributed by atoms with Gasteiger partial charge in [-0.05, 0) is 51.4 Å². The van der Waals surface area contributed by atoms with Crippen LogP contribution in [-0.2, 0) is 14.3 Å². The standard InChI is InChI=1S/C74H143NO5/c1-3-5-7-9-11-13-15-16-17-18-19-20-21-28-31-34-37-40-43-47-50-54-58-62-66-72(77)71(70-76)75-73(78)67-63-59-55-51-48-44-41-38-35-32-29-26-24-22-23-25-27-30-33-36-39-42-45-49-53-57-61-65-69-80-74(79)68-64-60-56-52-46-14-12-10-8-6-4-2/h10,12,62,66,71-72,76-77H,3-9,11,13-61,63-65,67-70H2,1-2H3,(H,75,78)/b12-10-,66-62+. The third-order valence-corrected chi connectivity index (χ3v) is 17.2. The fourth-order valence-corrected chi connectivity index (χ4v) is 11.6. The molecule has 0 radical (unpaired) electrons. The number of aliphatic hydroxyl groups is 2. The number of aliphatic hydroxyl groups excluding tert-OH is 2. The monoisotopic (exact) mass is 1130 g/mol. The molecule has 0 spiro atoms. The number of amides is 1. The Labute approximate surface area is 501 Å². The van der Waals surface area contributed by atoms with E-state index in [0.29, 0.717) is 19.4 Å². The highest BCUT2D eigenvalue weighted by Gasteiger charge is 2.18. The highest BCUT2D eigenvalue weighted by Crippen LogP contribution is 2.19. The second-order valence-corrected chi connectivity index (χ2v) is 25.3. The van der Waals surface area contributed by atoms with Crippen molar-refractivity contribution in [3.63, 3.8) is 0 Å². The molecule has 0 aliphatic rings. The van der Waals surface area contributed by atoms with E-state index in [4.69, 9.17) is 4.74 Å². The van der Waals surface area contributed by atoms with E-state index in [1.807, 2.05) is 6.08 Å². The third kappa shape index (κ3) is 65.5. The summed E-state index contributed by atoms with van der Waals surface area (Å²) in [4.78, 5) is 24.5. The molecule has 3 N–H and O–H groups in total. The zero-order valence-electron chi connectivity index (χ0n) is 54.3. The Morgan fingerprint density at radius 1 is 0.338 bits per heavy atom. The summed E-state index contributed by atoms with van der Waals surface area (Å²) in [6, 6.07) is -0.627. The van der Waals surface area contributed by atoms with Gasteiger partial charge in [-0.25, -0.2) is 0 Å². The van der Waals surface area contributed by atoms with E-state index in [9.17, 15) is 19.8 Å². The maximum atomic E-state index is 12.5. The average molecular weight is 1130 g/mol. The maximum Gasteiger partial charge on any atom is 0.305 e. The van der Waals surface area contributed by atoms with Crippen molar-refractivity contribution < 1.29 is 24.5 Å². The van der Waals surface area contributed by atoms with Crippen molar-refractivity contribution >= 4 is 11.9 Å². The Balaban J connectivity index is 3.38. The molecule has 80 heavy (non-hydrogen) atoms. The molecule has 0 aromatic carbocycles. The summed E-state index contributed by atoms with van der Waals surface area (Å²) in [5.74, 6) is -0.0520. The zero-order valence-corrected chi connectivity index (χ0v) is 54.3. The molecule has 6 nitrogen and oxygen atoms in total. The molecule has 0 aromatic heterocycles. The third-order valence-electron chi connectivity index (χ3n) is 17.2. The van der Waals surface area contributed by atoms with Gasteiger partial charge in [0.15, 0.2) is 0 Å². The molecule has 0 bridgehead atoms. The number of rotatable bonds is 69. The normalized spacial score (nSPS) is 12.6. The summed E-state index contributed by atoms with van der Waals surface area (Å²) < 4.78 is 5.47. The van der Waals surface area contributed by atoms with Gasteiger partial charge in [0.05, 0.1) is 25.4 Å². The highest BCUT2D eigenvalue weighted by molar-refractivity contribution is 5.76. The molecule has 2 atom stereocenters. The van der Waals surface area contributed by atoms with E-state index < -0.39 is 12.1 Å². The summed E-state index contributed by atoms with van der Waals surface area (Å²) in [7, 11) is 0. The lowest BCUT2D eigenvalue weighted by atomic mass is 10.0. The first-order valence-electron chi connectivity index (χ1n) is 36.6. The van der Waals surface area contributed by atoms with Gasteiger partial charge in [-0.3, -0.25) is 9.59 Å². The summed E-state index contributed by atoms with van der Waals surface area (Å²) in [6.07, 6.45) is 88.5. The lowest BCUT2D eigenvalue weighted by Gasteiger charge is -2.20. The van der Waals surface area contributed by atoms with Crippen LogP contribution in [-0.4, -0.2) is 47.4 Å². The van der Waals surface area contributed by atoms with Crippen molar-refractivity contribution in [3.05, 3.63) is 24.3 Å². The lowest BCUT2D eigenvalue weighted by molar-refractivity contribution is -0.143. The predicted molar refractivity (Wildman–Crippen MR) is 352 cm³/mol. The second-order valence-electron chi connectivity index (χ2n) is 25.3. The van der Waals surface area contributed by atoms with Gasteiger partial charge >= 0.3 is 5.97 Å². The van der Waals surface area contributed by atoms with Crippen LogP contribution in [0.15, 0.2) is 24.3 Å². The topological polar surface area (TPSA) is 95.9 Å². The van der Waals surface area contributed by atoms with Gasteiger partial charge in [0.2, 0.25) is 5.91 Å². The molecule has 474 valence electrons. The molecule has 6 heteroatoms. The number of esters is 1. The Morgan fingerprint density at radius 3 is 0.925 bits per heavy atom. The smallest absolute Gasteiger partial charge is 0.305 e. The largest absolute Gasteiger partial charge is 0.466 e. The van der Waals surface area contributed by atoms with Gasteiger partial charge in [-0.15, -0.1) is 0 Å². The Morgan fingerprint density at radius 2 is 0.600 bits per heavy atom. The van der Waals surface area contributed by atoms with Gasteiger partial charge in [-0.1, -0.05) is 372 Å². The van der Waals surface area contributed by atoms with Crippen LogP contribution in [0.5, 0.6) is 0 Å². The number of allylic oxidation sites excluding steroid dienone is 3. The first-order chi connectivity index (χ1) is 39.5. The van der Waals surface area contributed by atoms with Gasteiger partial charge in [0.1, 0.15) is 0 Å². The van der Waals surface area contributed by atoms with Crippen molar-refractivity contribution in [2.45, 2.75) is 424 Å². The van der Waals surface area contributed by atoms with Crippen molar-refractivity contribution in [1.29, 1.82) is 0 Å². The summed E-state index contributed by atoms with van der Waals surface area (Å²) in [5, 5.41) is 23.3. The SMILES string of the molecule is CCCC/C=C\CCCCCCCC(=O)OCCCCCCCCCCCCCCCCCCCCCCCCCCCCCCC(=O)NC(CO)C(O)/C=C/CCCCCCCCCCCCCCCCCCCCCCCC. The molecule has 0 saturated carbocycles. The van der Waals surface area contributed by atoms with Crippen LogP contribution in [0.4, 0.5) is 0 Å². The molecular weight excluding hydrogens is 983 g/mol. The van der Waals surface area contributed by atoms with Gasteiger partial charge in [0, 0.05) is 12.8 Å². The van der Waals surface area contributed by atoms with E-state index in [-0.39, 0.29) is 18.5 Å². The average Bonchev–Trinajstić information content (AvgIpc) is 3.46. The zero-order chi connectivity index (χ0) is 57.8. The highest BCUT2D eigenvalue weighted by atomic mass is 16.5. The van der Waals surface area contributed by atoms with E-state index in [1.54, 1.807) is 6.08 Å². The second kappa shape index (κ2) is 69.8. The molecule has 0 fully saturated rings. The Hall–Kier alpha value is -1.66. The van der Waals surface area contributed by atoms with Crippen LogP contribution >= 0.6 is 0 Å². The maximum absolute atomic E-state index is 12.5. The van der Waals surface area contributed by atoms with E-state index in [2.05, 4.69) is 31.3 Å². The van der Waals surface area contributed by atoms with Crippen LogP contribution in [0, 0.1) is 0 Å². The fraction of sp³-hybridized carbons (Fsp3) is 0.919. The quantitative estimate of drug-likeness (QED) is 0.0320. The van der Waals surface area contributed by atoms with Crippen molar-refractivity contribution in [3.8, 4) is 0 Å². The van der Waals surface area contributed by atoms with Crippen molar-refractivity contribution in [1.82, 2.24) is 5.32 Å². The summed E-state index contributed by atoms with van der Waals surface area (Å²) in [5.41, 5.74) is 0. The van der Waals surface area contributed by atoms with Crippen LogP contribution in [0.1, 0.15) is 412 Å². The van der Waals surface area contributed by atoms with Crippen LogP contribution in [0.25, 0.3) is 0 Å². The predicted octanol–water partition coefficient (Wildman–Crippen LogP) is 23.7. The number of nitrogens with one attached hydrogen (secondary N) is 1. The van der Waals surface area contributed by atoms with Gasteiger partial charge in [-0.2, -0.15) is 0 Å². The Bertz CT molecular complexity index is 1250. The minimum atomic E-state index is -0.843. The molecule has 2 unspecified atom stereocenters. The molecular formula is C74H143NO5. The van der Waals surface area contributed by atoms with Gasteiger partial charge in [0.25, 0.3) is 0 Å². The molecule has 1 amide bonds. The number of carbonyl (C=O) groups is 2. The van der Waals surface area contributed by atoms with Gasteiger partial charge < -0.3 is 20.3 Å². The lowest BCUT2D eigenvalue weighted by Crippen LogP contribution is -2.45. The van der Waals surface area contributed by atoms with E-state index >= 15 is 0 Å². The van der Waals surface area contributed by atoms with E-state index in [1.165, 1.54) is 340 Å². The van der Waals surface area contributed by atoms with Crippen molar-refractivity contribution in [2.75, 3.05) is 13.2 Å². The minimum Gasteiger partial charge on any atom is -0.466 e. The van der Waals surface area contributed by atoms with Crippen LogP contribution in [0.2, 0.25) is 0 Å². The molecule has 0 rings (SSSR count). The van der Waals surface area contributed by atoms with E-state index in [0.717, 1.165) is 44.9 Å². The minimum absolute atomic E-state index is 0.00802. The molecule has 0 saturated heterocycles. The molecule has 0 heterocycles. The number of hydrogen-bond donors (Lipinski definition) is 3. The fourth-order valence-electron chi connectivity index (χ4n) is 11.6.